The summed E-state index contributed by atoms with van der Waals surface area (Å²) in [6.07, 6.45) is 0.669. The van der Waals surface area contributed by atoms with Crippen molar-refractivity contribution in [2.24, 2.45) is 11.8 Å². The Morgan fingerprint density at radius 1 is 1.29 bits per heavy atom. The van der Waals surface area contributed by atoms with Crippen molar-refractivity contribution in [1.82, 2.24) is 5.32 Å². The Morgan fingerprint density at radius 2 is 2.00 bits per heavy atom. The van der Waals surface area contributed by atoms with Crippen LogP contribution in [0.4, 0.5) is 0 Å². The van der Waals surface area contributed by atoms with Gasteiger partial charge in [0.25, 0.3) is 0 Å². The van der Waals surface area contributed by atoms with Gasteiger partial charge in [-0.05, 0) is 18.4 Å². The summed E-state index contributed by atoms with van der Waals surface area (Å²) in [6, 6.07) is 5.60. The van der Waals surface area contributed by atoms with Crippen molar-refractivity contribution in [1.29, 1.82) is 0 Å². The summed E-state index contributed by atoms with van der Waals surface area (Å²) in [5, 5.41) is 12.4. The van der Waals surface area contributed by atoms with Gasteiger partial charge in [0.1, 0.15) is 11.5 Å². The Labute approximate surface area is 126 Å². The molecule has 1 rings (SSSR count). The minimum absolute atomic E-state index is 0.364. The van der Waals surface area contributed by atoms with Gasteiger partial charge in [-0.2, -0.15) is 0 Å². The molecular weight excluding hydrogens is 270 g/mol. The van der Waals surface area contributed by atoms with E-state index in [1.807, 2.05) is 32.0 Å². The van der Waals surface area contributed by atoms with Crippen LogP contribution in [0.3, 0.4) is 0 Å². The smallest absolute Gasteiger partial charge is 0.307 e. The minimum Gasteiger partial charge on any atom is -0.497 e. The lowest BCUT2D eigenvalue weighted by molar-refractivity contribution is -0.142. The number of carboxylic acids is 1. The van der Waals surface area contributed by atoms with Crippen LogP contribution in [0.2, 0.25) is 0 Å². The lowest BCUT2D eigenvalue weighted by Gasteiger charge is -2.16. The fourth-order valence-corrected chi connectivity index (χ4v) is 2.22. The van der Waals surface area contributed by atoms with Crippen molar-refractivity contribution < 1.29 is 19.4 Å². The Morgan fingerprint density at radius 3 is 2.52 bits per heavy atom. The zero-order valence-corrected chi connectivity index (χ0v) is 13.2. The molecule has 0 aliphatic rings. The third-order valence-corrected chi connectivity index (χ3v) is 3.31. The normalized spacial score (nSPS) is 12.2. The maximum absolute atomic E-state index is 11.2. The standard InChI is InChI=1S/C16H25NO4/c1-11(2)7-13(16(18)19)10-17-9-12-5-6-14(20-3)8-15(12)21-4/h5-6,8,11,13,17H,7,9-10H2,1-4H3,(H,18,19). The first-order chi connectivity index (χ1) is 9.97. The summed E-state index contributed by atoms with van der Waals surface area (Å²) in [5.74, 6) is 0.715. The molecule has 0 aromatic heterocycles. The van der Waals surface area contributed by atoms with Crippen molar-refractivity contribution in [3.05, 3.63) is 23.8 Å². The van der Waals surface area contributed by atoms with E-state index >= 15 is 0 Å². The molecule has 21 heavy (non-hydrogen) atoms. The number of methoxy groups -OCH3 is 2. The molecule has 1 aromatic rings. The molecule has 0 heterocycles. The third-order valence-electron chi connectivity index (χ3n) is 3.31. The molecule has 0 fully saturated rings. The van der Waals surface area contributed by atoms with E-state index in [9.17, 15) is 9.90 Å². The number of aliphatic carboxylic acids is 1. The van der Waals surface area contributed by atoms with Gasteiger partial charge >= 0.3 is 5.97 Å². The molecule has 0 radical (unpaired) electrons. The molecule has 2 N–H and O–H groups in total. The van der Waals surface area contributed by atoms with Gasteiger partial charge in [-0.3, -0.25) is 4.79 Å². The van der Waals surface area contributed by atoms with Gasteiger partial charge in [-0.1, -0.05) is 19.9 Å². The van der Waals surface area contributed by atoms with Crippen LogP contribution in [0.15, 0.2) is 18.2 Å². The van der Waals surface area contributed by atoms with Gasteiger partial charge in [0.15, 0.2) is 0 Å². The van der Waals surface area contributed by atoms with Crippen LogP contribution in [-0.2, 0) is 11.3 Å². The fraction of sp³-hybridized carbons (Fsp3) is 0.562. The molecule has 0 amide bonds. The van der Waals surface area contributed by atoms with Crippen LogP contribution in [0, 0.1) is 11.8 Å². The molecule has 0 saturated carbocycles. The van der Waals surface area contributed by atoms with Gasteiger partial charge in [0.05, 0.1) is 20.1 Å². The van der Waals surface area contributed by atoms with Crippen LogP contribution in [0.5, 0.6) is 11.5 Å². The molecule has 0 saturated heterocycles. The van der Waals surface area contributed by atoms with Gasteiger partial charge in [0, 0.05) is 24.7 Å². The second-order valence-corrected chi connectivity index (χ2v) is 5.47. The molecule has 5 heteroatoms. The van der Waals surface area contributed by atoms with Crippen molar-refractivity contribution in [3.63, 3.8) is 0 Å². The van der Waals surface area contributed by atoms with Gasteiger partial charge in [0.2, 0.25) is 0 Å². The maximum Gasteiger partial charge on any atom is 0.307 e. The highest BCUT2D eigenvalue weighted by Gasteiger charge is 2.18. The van der Waals surface area contributed by atoms with Gasteiger partial charge in [-0.25, -0.2) is 0 Å². The van der Waals surface area contributed by atoms with Crippen LogP contribution >= 0.6 is 0 Å². The predicted octanol–water partition coefficient (Wildman–Crippen LogP) is 2.54. The second-order valence-electron chi connectivity index (χ2n) is 5.47. The van der Waals surface area contributed by atoms with Crippen molar-refractivity contribution >= 4 is 5.97 Å². The highest BCUT2D eigenvalue weighted by molar-refractivity contribution is 5.70. The Hall–Kier alpha value is -1.75. The summed E-state index contributed by atoms with van der Waals surface area (Å²) in [4.78, 5) is 11.2. The monoisotopic (exact) mass is 295 g/mol. The highest BCUT2D eigenvalue weighted by Crippen LogP contribution is 2.24. The molecule has 0 spiro atoms. The summed E-state index contributed by atoms with van der Waals surface area (Å²) < 4.78 is 10.5. The van der Waals surface area contributed by atoms with Crippen molar-refractivity contribution in [2.75, 3.05) is 20.8 Å². The highest BCUT2D eigenvalue weighted by atomic mass is 16.5. The number of hydrogen-bond acceptors (Lipinski definition) is 4. The van der Waals surface area contributed by atoms with Crippen LogP contribution in [0.1, 0.15) is 25.8 Å². The Bertz CT molecular complexity index is 460. The van der Waals surface area contributed by atoms with Gasteiger partial charge < -0.3 is 19.9 Å². The van der Waals surface area contributed by atoms with E-state index in [2.05, 4.69) is 5.32 Å². The van der Waals surface area contributed by atoms with E-state index in [0.29, 0.717) is 25.4 Å². The average molecular weight is 295 g/mol. The van der Waals surface area contributed by atoms with Gasteiger partial charge in [-0.15, -0.1) is 0 Å². The molecule has 0 bridgehead atoms. The van der Waals surface area contributed by atoms with E-state index in [0.717, 1.165) is 17.1 Å². The SMILES string of the molecule is COc1ccc(CNCC(CC(C)C)C(=O)O)c(OC)c1. The number of ether oxygens (including phenoxy) is 2. The van der Waals surface area contributed by atoms with E-state index in [-0.39, 0.29) is 5.92 Å². The number of carbonyl (C=O) groups is 1. The lowest BCUT2D eigenvalue weighted by Crippen LogP contribution is -2.29. The van der Waals surface area contributed by atoms with E-state index in [1.165, 1.54) is 0 Å². The van der Waals surface area contributed by atoms with E-state index in [4.69, 9.17) is 9.47 Å². The average Bonchev–Trinajstić information content (AvgIpc) is 2.45. The number of nitrogens with one attached hydrogen (secondary N) is 1. The first-order valence-electron chi connectivity index (χ1n) is 7.12. The molecule has 1 aromatic carbocycles. The van der Waals surface area contributed by atoms with Crippen LogP contribution in [0.25, 0.3) is 0 Å². The van der Waals surface area contributed by atoms with Crippen LogP contribution < -0.4 is 14.8 Å². The fourth-order valence-electron chi connectivity index (χ4n) is 2.22. The Balaban J connectivity index is 2.60. The number of rotatable bonds is 9. The molecule has 0 aliphatic carbocycles. The largest absolute Gasteiger partial charge is 0.497 e. The second kappa shape index (κ2) is 8.52. The predicted molar refractivity (Wildman–Crippen MR) is 81.8 cm³/mol. The van der Waals surface area contributed by atoms with E-state index < -0.39 is 5.97 Å². The topological polar surface area (TPSA) is 67.8 Å². The number of benzene rings is 1. The summed E-state index contributed by atoms with van der Waals surface area (Å²) in [6.45, 7) is 5.07. The molecule has 118 valence electrons. The Kier molecular flexibility index (Phi) is 7.02. The first kappa shape index (κ1) is 17.3. The maximum atomic E-state index is 11.2. The molecule has 1 unspecified atom stereocenters. The summed E-state index contributed by atoms with van der Waals surface area (Å²) >= 11 is 0. The molecule has 5 nitrogen and oxygen atoms in total. The third kappa shape index (κ3) is 5.63. The lowest BCUT2D eigenvalue weighted by atomic mass is 9.97. The summed E-state index contributed by atoms with van der Waals surface area (Å²) in [5.41, 5.74) is 0.979. The zero-order valence-electron chi connectivity index (χ0n) is 13.2. The van der Waals surface area contributed by atoms with Crippen molar-refractivity contribution in [2.45, 2.75) is 26.8 Å². The van der Waals surface area contributed by atoms with E-state index in [1.54, 1.807) is 14.2 Å². The van der Waals surface area contributed by atoms with Crippen molar-refractivity contribution in [3.8, 4) is 11.5 Å². The quantitative estimate of drug-likeness (QED) is 0.733. The van der Waals surface area contributed by atoms with Crippen LogP contribution in [-0.4, -0.2) is 31.8 Å². The summed E-state index contributed by atoms with van der Waals surface area (Å²) in [7, 11) is 3.22. The number of carboxylic acid groups (broad SMARTS) is 1. The molecule has 1 atom stereocenters. The molecular formula is C16H25NO4. The minimum atomic E-state index is -0.752. The first-order valence-corrected chi connectivity index (χ1v) is 7.12. The molecule has 0 aliphatic heterocycles. The zero-order chi connectivity index (χ0) is 15.8. The number of hydrogen-bond donors (Lipinski definition) is 2.